The average molecular weight is 427 g/mol. The van der Waals surface area contributed by atoms with E-state index in [1.165, 1.54) is 24.3 Å². The molecule has 1 unspecified atom stereocenters. The maximum Gasteiger partial charge on any atom is 0.140 e. The molecule has 31 heavy (non-hydrogen) atoms. The van der Waals surface area contributed by atoms with E-state index in [2.05, 4.69) is 25.3 Å². The van der Waals surface area contributed by atoms with E-state index in [9.17, 15) is 8.78 Å². The Hall–Kier alpha value is -2.76. The molecule has 0 heterocycles. The molecule has 0 aliphatic rings. The van der Waals surface area contributed by atoms with Gasteiger partial charge in [0.25, 0.3) is 0 Å². The monoisotopic (exact) mass is 426 g/mol. The smallest absolute Gasteiger partial charge is 0.140 e. The van der Waals surface area contributed by atoms with Crippen LogP contribution < -0.4 is 16.2 Å². The van der Waals surface area contributed by atoms with E-state index in [0.29, 0.717) is 24.3 Å². The summed E-state index contributed by atoms with van der Waals surface area (Å²) in [6.45, 7) is 4.87. The maximum absolute atomic E-state index is 13.4. The number of quaternary nitrogens is 2. The van der Waals surface area contributed by atoms with Crippen LogP contribution in [0.1, 0.15) is 26.7 Å². The first-order valence-corrected chi connectivity index (χ1v) is 10.8. The van der Waals surface area contributed by atoms with E-state index in [0.717, 1.165) is 35.1 Å². The van der Waals surface area contributed by atoms with Crippen LogP contribution in [0.25, 0.3) is 22.3 Å². The number of ether oxygens (including phenoxy) is 1. The molecule has 0 saturated carbocycles. The van der Waals surface area contributed by atoms with Crippen LogP contribution in [0.5, 0.6) is 5.75 Å². The van der Waals surface area contributed by atoms with Crippen LogP contribution in [0, 0.1) is 17.6 Å². The number of hydrogen-bond acceptors (Lipinski definition) is 1. The molecular formula is C26H32F2N2O+2. The van der Waals surface area contributed by atoms with Crippen LogP contribution in [-0.2, 0) is 0 Å². The lowest BCUT2D eigenvalue weighted by Gasteiger charge is -2.16. The summed E-state index contributed by atoms with van der Waals surface area (Å²) < 4.78 is 32.9. The molecule has 2 atom stereocenters. The number of rotatable bonds is 9. The lowest BCUT2D eigenvalue weighted by atomic mass is 9.98. The molecular weight excluding hydrogens is 394 g/mol. The largest absolute Gasteiger partial charge is 0.487 e. The van der Waals surface area contributed by atoms with Crippen molar-refractivity contribution in [1.29, 1.82) is 0 Å². The highest BCUT2D eigenvalue weighted by molar-refractivity contribution is 5.75. The minimum Gasteiger partial charge on any atom is -0.487 e. The van der Waals surface area contributed by atoms with Crippen LogP contribution in [0.15, 0.2) is 66.7 Å². The predicted molar refractivity (Wildman–Crippen MR) is 120 cm³/mol. The van der Waals surface area contributed by atoms with Crippen molar-refractivity contribution in [3.8, 4) is 28.0 Å². The number of halogens is 2. The van der Waals surface area contributed by atoms with E-state index < -0.39 is 0 Å². The fourth-order valence-electron chi connectivity index (χ4n) is 3.38. The van der Waals surface area contributed by atoms with Crippen LogP contribution >= 0.6 is 0 Å². The molecule has 3 aromatic rings. The molecule has 0 aromatic heterocycles. The van der Waals surface area contributed by atoms with Crippen molar-refractivity contribution in [3.63, 3.8) is 0 Å². The zero-order valence-corrected chi connectivity index (χ0v) is 18.3. The molecule has 5 heteroatoms. The van der Waals surface area contributed by atoms with E-state index >= 15 is 0 Å². The van der Waals surface area contributed by atoms with Gasteiger partial charge in [0.15, 0.2) is 0 Å². The summed E-state index contributed by atoms with van der Waals surface area (Å²) in [6.07, 6.45) is 1.97. The molecule has 0 aliphatic heterocycles. The number of benzene rings is 3. The predicted octanol–water partition coefficient (Wildman–Crippen LogP) is 4.33. The quantitative estimate of drug-likeness (QED) is 0.525. The lowest BCUT2D eigenvalue weighted by molar-refractivity contribution is -0.447. The molecule has 0 aliphatic carbocycles. The van der Waals surface area contributed by atoms with Crippen molar-refractivity contribution >= 4 is 0 Å². The molecule has 164 valence electrons. The lowest BCUT2D eigenvalue weighted by Crippen LogP contribution is -2.67. The molecule has 6 N–H and O–H groups in total. The third-order valence-electron chi connectivity index (χ3n) is 5.64. The van der Waals surface area contributed by atoms with Crippen molar-refractivity contribution in [1.82, 2.24) is 0 Å². The highest BCUT2D eigenvalue weighted by Gasteiger charge is 2.16. The third kappa shape index (κ3) is 6.61. The summed E-state index contributed by atoms with van der Waals surface area (Å²) in [6, 6.07) is 19.2. The second-order valence-electron chi connectivity index (χ2n) is 8.52. The van der Waals surface area contributed by atoms with Crippen LogP contribution in [0.3, 0.4) is 0 Å². The Morgan fingerprint density at radius 3 is 1.65 bits per heavy atom. The average Bonchev–Trinajstić information content (AvgIpc) is 2.76. The van der Waals surface area contributed by atoms with E-state index in [4.69, 9.17) is 4.74 Å². The molecule has 3 aromatic carbocycles. The van der Waals surface area contributed by atoms with Crippen molar-refractivity contribution in [2.75, 3.05) is 6.61 Å². The zero-order chi connectivity index (χ0) is 22.4. The van der Waals surface area contributed by atoms with Gasteiger partial charge in [0.05, 0.1) is 6.04 Å². The highest BCUT2D eigenvalue weighted by Crippen LogP contribution is 2.32. The van der Waals surface area contributed by atoms with Crippen molar-refractivity contribution in [3.05, 3.63) is 78.4 Å². The van der Waals surface area contributed by atoms with E-state index in [-0.39, 0.29) is 17.7 Å². The summed E-state index contributed by atoms with van der Waals surface area (Å²) in [5, 5.41) is 0. The third-order valence-corrected chi connectivity index (χ3v) is 5.64. The Labute approximate surface area is 183 Å². The first-order valence-electron chi connectivity index (χ1n) is 10.8. The highest BCUT2D eigenvalue weighted by atomic mass is 19.1. The minimum absolute atomic E-state index is 0.159. The SMILES string of the molecule is CC(C)C([NH3+])CC[C@H]([NH3+])COc1cc(-c2ccc(F)cc2)cc(-c2ccc(F)cc2)c1. The molecule has 3 rings (SSSR count). The van der Waals surface area contributed by atoms with Gasteiger partial charge in [-0.05, 0) is 64.7 Å². The van der Waals surface area contributed by atoms with Gasteiger partial charge in [-0.25, -0.2) is 8.78 Å². The Morgan fingerprint density at radius 1 is 0.710 bits per heavy atom. The first-order chi connectivity index (χ1) is 14.8. The van der Waals surface area contributed by atoms with Crippen LogP contribution in [-0.4, -0.2) is 18.7 Å². The van der Waals surface area contributed by atoms with Gasteiger partial charge in [-0.3, -0.25) is 0 Å². The molecule has 0 bridgehead atoms. The van der Waals surface area contributed by atoms with Gasteiger partial charge >= 0.3 is 0 Å². The van der Waals surface area contributed by atoms with Gasteiger partial charge in [-0.15, -0.1) is 0 Å². The zero-order valence-electron chi connectivity index (χ0n) is 18.3. The molecule has 0 fully saturated rings. The summed E-state index contributed by atoms with van der Waals surface area (Å²) in [4.78, 5) is 0. The van der Waals surface area contributed by atoms with Gasteiger partial charge in [0.1, 0.15) is 30.0 Å². The topological polar surface area (TPSA) is 64.5 Å². The van der Waals surface area contributed by atoms with Crippen LogP contribution in [0.4, 0.5) is 8.78 Å². The van der Waals surface area contributed by atoms with Gasteiger partial charge in [-0.1, -0.05) is 38.1 Å². The Bertz CT molecular complexity index is 908. The van der Waals surface area contributed by atoms with Gasteiger partial charge in [0, 0.05) is 18.8 Å². The van der Waals surface area contributed by atoms with Crippen molar-refractivity contribution < 1.29 is 25.0 Å². The summed E-state index contributed by atoms with van der Waals surface area (Å²) in [7, 11) is 0. The molecule has 0 spiro atoms. The second kappa shape index (κ2) is 10.5. The fourth-order valence-corrected chi connectivity index (χ4v) is 3.38. The summed E-state index contributed by atoms with van der Waals surface area (Å²) >= 11 is 0. The van der Waals surface area contributed by atoms with E-state index in [1.54, 1.807) is 24.3 Å². The number of hydrogen-bond donors (Lipinski definition) is 2. The Morgan fingerprint density at radius 2 is 1.19 bits per heavy atom. The van der Waals surface area contributed by atoms with E-state index in [1.807, 2.05) is 18.2 Å². The summed E-state index contributed by atoms with van der Waals surface area (Å²) in [5.41, 5.74) is 12.0. The minimum atomic E-state index is -0.278. The van der Waals surface area contributed by atoms with Gasteiger partial charge in [-0.2, -0.15) is 0 Å². The Kier molecular flexibility index (Phi) is 7.77. The van der Waals surface area contributed by atoms with Crippen molar-refractivity contribution in [2.45, 2.75) is 38.8 Å². The van der Waals surface area contributed by atoms with Crippen LogP contribution in [0.2, 0.25) is 0 Å². The Balaban J connectivity index is 1.81. The maximum atomic E-state index is 13.4. The van der Waals surface area contributed by atoms with Crippen molar-refractivity contribution in [2.24, 2.45) is 5.92 Å². The normalized spacial score (nSPS) is 13.3. The first kappa shape index (κ1) is 22.9. The second-order valence-corrected chi connectivity index (χ2v) is 8.52. The molecule has 0 radical (unpaired) electrons. The molecule has 0 amide bonds. The molecule has 0 saturated heterocycles. The summed E-state index contributed by atoms with van der Waals surface area (Å²) in [5.74, 6) is 0.712. The fraction of sp³-hybridized carbons (Fsp3) is 0.308. The van der Waals surface area contributed by atoms with Gasteiger partial charge < -0.3 is 16.2 Å². The standard InChI is InChI=1S/C26H30F2N2O/c1-17(2)26(30)12-11-24(29)16-31-25-14-20(18-3-7-22(27)8-4-18)13-21(15-25)19-5-9-23(28)10-6-19/h3-10,13-15,17,24,26H,11-12,16,29-30H2,1-2H3/p+2/t24-,26?/m0/s1. The molecule has 3 nitrogen and oxygen atoms in total. The van der Waals surface area contributed by atoms with Gasteiger partial charge in [0.2, 0.25) is 0 Å².